The molecule has 300 valence electrons. The zero-order chi connectivity index (χ0) is 43.7. The summed E-state index contributed by atoms with van der Waals surface area (Å²) in [7, 11) is 0. The Morgan fingerprint density at radius 1 is 0.429 bits per heavy atom. The van der Waals surface area contributed by atoms with Gasteiger partial charge in [0.15, 0.2) is 23.2 Å². The summed E-state index contributed by atoms with van der Waals surface area (Å²) in [6.45, 7) is 7.42. The van der Waals surface area contributed by atoms with Crippen molar-refractivity contribution in [3.8, 4) is 63.4 Å². The van der Waals surface area contributed by atoms with Crippen LogP contribution >= 0.6 is 0 Å². The third-order valence-corrected chi connectivity index (χ3v) is 10.5. The van der Waals surface area contributed by atoms with Gasteiger partial charge < -0.3 is 0 Å². The van der Waals surface area contributed by atoms with Gasteiger partial charge in [0.2, 0.25) is 0 Å². The molecule has 0 radical (unpaired) electrons. The Bertz CT molecular complexity index is 3190. The Labute approximate surface area is 351 Å². The van der Waals surface area contributed by atoms with E-state index in [0.717, 1.165) is 36.4 Å². The van der Waals surface area contributed by atoms with Gasteiger partial charge in [0.05, 0.1) is 46.5 Å². The molecule has 0 aliphatic carbocycles. The van der Waals surface area contributed by atoms with Gasteiger partial charge in [-0.25, -0.2) is 46.1 Å². The van der Waals surface area contributed by atoms with E-state index in [1.54, 1.807) is 103 Å². The maximum absolute atomic E-state index is 16.3. The number of nitriles is 2. The average Bonchev–Trinajstić information content (AvgIpc) is 3.99. The molecular formula is C48H21F6N9. The lowest BCUT2D eigenvalue weighted by atomic mass is 10.1. The molecule has 0 aliphatic rings. The number of rotatable bonds is 6. The van der Waals surface area contributed by atoms with Gasteiger partial charge in [-0.15, -0.1) is 0 Å². The van der Waals surface area contributed by atoms with Gasteiger partial charge in [0.25, 0.3) is 0 Å². The molecule has 0 aliphatic heterocycles. The van der Waals surface area contributed by atoms with Crippen molar-refractivity contribution in [2.75, 3.05) is 0 Å². The molecule has 10 rings (SSSR count). The Morgan fingerprint density at radius 2 is 0.698 bits per heavy atom. The molecule has 0 unspecified atom stereocenters. The number of halogens is 6. The smallest absolute Gasteiger partial charge is 0.193 e. The summed E-state index contributed by atoms with van der Waals surface area (Å²) in [4.78, 5) is 17.9. The second-order valence-corrected chi connectivity index (χ2v) is 14.2. The zero-order valence-electron chi connectivity index (χ0n) is 31.9. The monoisotopic (exact) mass is 837 g/mol. The van der Waals surface area contributed by atoms with Gasteiger partial charge in [-0.3, -0.25) is 13.7 Å². The summed E-state index contributed by atoms with van der Waals surface area (Å²) in [6.07, 6.45) is 0. The summed E-state index contributed by atoms with van der Waals surface area (Å²) in [5.74, 6) is -7.88. The van der Waals surface area contributed by atoms with Crippen molar-refractivity contribution < 1.29 is 26.3 Å². The average molecular weight is 838 g/mol. The third-order valence-electron chi connectivity index (χ3n) is 10.5. The van der Waals surface area contributed by atoms with Gasteiger partial charge in [-0.1, -0.05) is 54.6 Å². The van der Waals surface area contributed by atoms with Crippen LogP contribution in [0.2, 0.25) is 0 Å². The normalized spacial score (nSPS) is 11.3. The Morgan fingerprint density at radius 3 is 0.952 bits per heavy atom. The maximum atomic E-state index is 16.3. The Hall–Kier alpha value is -9.00. The lowest BCUT2D eigenvalue weighted by molar-refractivity contribution is 0.585. The number of benzene rings is 7. The van der Waals surface area contributed by atoms with Crippen LogP contribution < -0.4 is 0 Å². The van der Waals surface area contributed by atoms with E-state index >= 15 is 26.3 Å². The largest absolute Gasteiger partial charge is 0.290 e. The Kier molecular flexibility index (Phi) is 8.87. The number of fused-ring (bicyclic) bond motifs is 6. The summed E-state index contributed by atoms with van der Waals surface area (Å²) < 4.78 is 102. The number of hydrogen-bond donors (Lipinski definition) is 0. The fraction of sp³-hybridized carbons (Fsp3) is 0. The third kappa shape index (κ3) is 5.89. The van der Waals surface area contributed by atoms with Crippen LogP contribution in [-0.4, -0.2) is 28.7 Å². The molecule has 63 heavy (non-hydrogen) atoms. The highest BCUT2D eigenvalue weighted by atomic mass is 19.2. The summed E-state index contributed by atoms with van der Waals surface area (Å²) >= 11 is 0. The highest BCUT2D eigenvalue weighted by Crippen LogP contribution is 2.46. The SMILES string of the molecule is [C-]#[N+]c1cc(F)c(-c2nc3c4c(nc(-c5c(F)cc(C#N)cc5F)n4-c4ccccc4)c4c(nc(-c5c(F)cc(C#N)cc5F)n4-c4ccccc4)c3n2-c2ccccc2)c(F)c1. The summed E-state index contributed by atoms with van der Waals surface area (Å²) in [6, 6.07) is 33.4. The fourth-order valence-electron chi connectivity index (χ4n) is 7.94. The van der Waals surface area contributed by atoms with Crippen molar-refractivity contribution in [3.05, 3.63) is 185 Å². The van der Waals surface area contributed by atoms with E-state index in [0.29, 0.717) is 17.1 Å². The molecule has 10 aromatic rings. The van der Waals surface area contributed by atoms with Crippen molar-refractivity contribution >= 4 is 38.8 Å². The van der Waals surface area contributed by atoms with E-state index in [1.807, 2.05) is 0 Å². The minimum Gasteiger partial charge on any atom is -0.290 e. The van der Waals surface area contributed by atoms with Crippen LogP contribution in [0, 0.1) is 64.1 Å². The number of nitrogens with zero attached hydrogens (tertiary/aromatic N) is 9. The molecule has 0 fully saturated rings. The van der Waals surface area contributed by atoms with E-state index in [-0.39, 0.29) is 67.4 Å². The summed E-state index contributed by atoms with van der Waals surface area (Å²) in [5, 5.41) is 19.1. The van der Waals surface area contributed by atoms with E-state index in [1.165, 1.54) is 13.7 Å². The van der Waals surface area contributed by atoms with Crippen LogP contribution in [-0.2, 0) is 0 Å². The highest BCUT2D eigenvalue weighted by molar-refractivity contribution is 6.22. The van der Waals surface area contributed by atoms with Gasteiger partial charge in [-0.05, 0) is 72.8 Å². The standard InChI is InChI=1S/C48H21F6N9/c1-57-27-21-35(53)39(36(54)22-27)48-60-42-44-40(58-46(62(44)29-13-7-3-8-14-29)37-31(49)17-25(23-55)18-32(37)50)43-41(45(42)63(48)30-15-9-4-10-16-30)59-47(61(43)28-11-5-2-6-12-28)38-33(51)19-26(24-56)20-34(38)52/h2-22H. The lowest BCUT2D eigenvalue weighted by Gasteiger charge is -2.13. The van der Waals surface area contributed by atoms with Gasteiger partial charge in [0.1, 0.15) is 68.0 Å². The molecular weight excluding hydrogens is 817 g/mol. The van der Waals surface area contributed by atoms with Gasteiger partial charge in [0, 0.05) is 17.1 Å². The van der Waals surface area contributed by atoms with Crippen LogP contribution in [0.15, 0.2) is 127 Å². The molecule has 0 spiro atoms. The van der Waals surface area contributed by atoms with Crippen molar-refractivity contribution in [2.45, 2.75) is 0 Å². The predicted molar refractivity (Wildman–Crippen MR) is 222 cm³/mol. The highest BCUT2D eigenvalue weighted by Gasteiger charge is 2.34. The van der Waals surface area contributed by atoms with Crippen molar-refractivity contribution in [3.63, 3.8) is 0 Å². The molecule has 0 N–H and O–H groups in total. The van der Waals surface area contributed by atoms with Crippen LogP contribution in [0.5, 0.6) is 0 Å². The van der Waals surface area contributed by atoms with E-state index in [2.05, 4.69) is 4.85 Å². The molecule has 3 aromatic heterocycles. The molecule has 0 bridgehead atoms. The lowest BCUT2D eigenvalue weighted by Crippen LogP contribution is -2.02. The summed E-state index contributed by atoms with van der Waals surface area (Å²) in [5.41, 5.74) is -2.11. The number of imidazole rings is 3. The molecule has 7 aromatic carbocycles. The van der Waals surface area contributed by atoms with Crippen LogP contribution in [0.25, 0.3) is 89.2 Å². The minimum atomic E-state index is -1.15. The molecule has 3 heterocycles. The van der Waals surface area contributed by atoms with Crippen LogP contribution in [0.3, 0.4) is 0 Å². The maximum Gasteiger partial charge on any atom is 0.193 e. The molecule has 0 saturated carbocycles. The number of para-hydroxylation sites is 3. The minimum absolute atomic E-state index is 0.0279. The first kappa shape index (κ1) is 38.2. The van der Waals surface area contributed by atoms with E-state index in [9.17, 15) is 10.5 Å². The topological polar surface area (TPSA) is 105 Å². The first-order valence-corrected chi connectivity index (χ1v) is 18.8. The van der Waals surface area contributed by atoms with Crippen molar-refractivity contribution in [1.29, 1.82) is 10.5 Å². The quantitative estimate of drug-likeness (QED) is 0.122. The van der Waals surface area contributed by atoms with Crippen LogP contribution in [0.1, 0.15) is 11.1 Å². The predicted octanol–water partition coefficient (Wildman–Crippen LogP) is 11.8. The van der Waals surface area contributed by atoms with Gasteiger partial charge in [-0.2, -0.15) is 10.5 Å². The molecule has 0 amide bonds. The Balaban J connectivity index is 1.53. The van der Waals surface area contributed by atoms with E-state index < -0.39 is 51.6 Å². The molecule has 0 saturated heterocycles. The molecule has 0 atom stereocenters. The number of hydrogen-bond acceptors (Lipinski definition) is 5. The fourth-order valence-corrected chi connectivity index (χ4v) is 7.94. The van der Waals surface area contributed by atoms with Crippen molar-refractivity contribution in [2.24, 2.45) is 0 Å². The second-order valence-electron chi connectivity index (χ2n) is 14.2. The van der Waals surface area contributed by atoms with Crippen molar-refractivity contribution in [1.82, 2.24) is 28.7 Å². The second kappa shape index (κ2) is 14.6. The zero-order valence-corrected chi connectivity index (χ0v) is 31.9. The molecule has 15 heteroatoms. The molecule has 9 nitrogen and oxygen atoms in total. The first-order chi connectivity index (χ1) is 30.6. The first-order valence-electron chi connectivity index (χ1n) is 18.8. The number of aromatic nitrogens is 6. The van der Waals surface area contributed by atoms with Gasteiger partial charge >= 0.3 is 0 Å². The van der Waals surface area contributed by atoms with Crippen LogP contribution in [0.4, 0.5) is 32.0 Å². The van der Waals surface area contributed by atoms with E-state index in [4.69, 9.17) is 21.5 Å².